The lowest BCUT2D eigenvalue weighted by atomic mass is 10.0. The number of aromatic carboxylic acids is 1. The first-order chi connectivity index (χ1) is 7.58. The summed E-state index contributed by atoms with van der Waals surface area (Å²) in [5, 5.41) is 11.4. The summed E-state index contributed by atoms with van der Waals surface area (Å²) in [6, 6.07) is 6.85. The molecule has 0 spiro atoms. The molecule has 2 nitrogen and oxygen atoms in total. The van der Waals surface area contributed by atoms with Gasteiger partial charge in [-0.2, -0.15) is 0 Å². The standard InChI is InChI=1S/C12H9ClO2S/c1-7-11(2-3-16-7)8-4-9(12(14)15)6-10(13)5-8/h2-6H,1H3,(H,14,15). The average molecular weight is 253 g/mol. The number of carbonyl (C=O) groups is 1. The van der Waals surface area contributed by atoms with Crippen LogP contribution >= 0.6 is 22.9 Å². The third-order valence-electron chi connectivity index (χ3n) is 2.31. The monoisotopic (exact) mass is 252 g/mol. The minimum Gasteiger partial charge on any atom is -0.478 e. The maximum absolute atomic E-state index is 10.9. The van der Waals surface area contributed by atoms with E-state index in [0.29, 0.717) is 5.02 Å². The SMILES string of the molecule is Cc1sccc1-c1cc(Cl)cc(C(=O)O)c1. The predicted octanol–water partition coefficient (Wildman–Crippen LogP) is 4.08. The van der Waals surface area contributed by atoms with Crippen LogP contribution in [-0.4, -0.2) is 11.1 Å². The molecule has 1 aromatic carbocycles. The summed E-state index contributed by atoms with van der Waals surface area (Å²) in [6.45, 7) is 2.00. The summed E-state index contributed by atoms with van der Waals surface area (Å²) in [6.07, 6.45) is 0. The highest BCUT2D eigenvalue weighted by atomic mass is 35.5. The topological polar surface area (TPSA) is 37.3 Å². The highest BCUT2D eigenvalue weighted by Gasteiger charge is 2.09. The Morgan fingerprint density at radius 2 is 2.12 bits per heavy atom. The van der Waals surface area contributed by atoms with Gasteiger partial charge in [0.05, 0.1) is 5.56 Å². The second-order valence-electron chi connectivity index (χ2n) is 3.42. The molecule has 4 heteroatoms. The molecule has 0 bridgehead atoms. The van der Waals surface area contributed by atoms with Crippen LogP contribution in [0.3, 0.4) is 0 Å². The van der Waals surface area contributed by atoms with Crippen molar-refractivity contribution in [1.29, 1.82) is 0 Å². The van der Waals surface area contributed by atoms with E-state index in [9.17, 15) is 4.79 Å². The molecule has 16 heavy (non-hydrogen) atoms. The largest absolute Gasteiger partial charge is 0.478 e. The Labute approximate surface area is 102 Å². The first kappa shape index (κ1) is 11.2. The molecule has 0 amide bonds. The van der Waals surface area contributed by atoms with Gasteiger partial charge in [-0.25, -0.2) is 4.79 Å². The van der Waals surface area contributed by atoms with Gasteiger partial charge in [0.15, 0.2) is 0 Å². The van der Waals surface area contributed by atoms with Gasteiger partial charge in [-0.3, -0.25) is 0 Å². The molecular formula is C12H9ClO2S. The molecule has 2 aromatic rings. The smallest absolute Gasteiger partial charge is 0.335 e. The molecule has 1 heterocycles. The summed E-state index contributed by atoms with van der Waals surface area (Å²) in [5.74, 6) is -0.961. The lowest BCUT2D eigenvalue weighted by molar-refractivity contribution is 0.0697. The molecule has 0 aliphatic rings. The Morgan fingerprint density at radius 1 is 1.38 bits per heavy atom. The average Bonchev–Trinajstić information content (AvgIpc) is 2.63. The quantitative estimate of drug-likeness (QED) is 0.875. The summed E-state index contributed by atoms with van der Waals surface area (Å²) in [7, 11) is 0. The van der Waals surface area contributed by atoms with Crippen molar-refractivity contribution in [3.8, 4) is 11.1 Å². The number of hydrogen-bond acceptors (Lipinski definition) is 2. The normalized spacial score (nSPS) is 10.4. The lowest BCUT2D eigenvalue weighted by Gasteiger charge is -2.03. The number of carboxylic acids is 1. The number of aryl methyl sites for hydroxylation is 1. The van der Waals surface area contributed by atoms with Crippen LogP contribution < -0.4 is 0 Å². The van der Waals surface area contributed by atoms with Gasteiger partial charge >= 0.3 is 5.97 Å². The van der Waals surface area contributed by atoms with Crippen LogP contribution in [0, 0.1) is 6.92 Å². The summed E-state index contributed by atoms with van der Waals surface area (Å²) in [4.78, 5) is 12.1. The van der Waals surface area contributed by atoms with Crippen LogP contribution in [-0.2, 0) is 0 Å². The Morgan fingerprint density at radius 3 is 2.69 bits per heavy atom. The fourth-order valence-corrected chi connectivity index (χ4v) is 2.51. The number of rotatable bonds is 2. The Balaban J connectivity index is 2.58. The van der Waals surface area contributed by atoms with Gasteiger partial charge in [-0.1, -0.05) is 11.6 Å². The van der Waals surface area contributed by atoms with E-state index < -0.39 is 5.97 Å². The number of benzene rings is 1. The minimum atomic E-state index is -0.961. The minimum absolute atomic E-state index is 0.216. The molecule has 1 aromatic heterocycles. The first-order valence-corrected chi connectivity index (χ1v) is 5.92. The van der Waals surface area contributed by atoms with Crippen molar-refractivity contribution in [3.05, 3.63) is 45.1 Å². The number of carboxylic acid groups (broad SMARTS) is 1. The van der Waals surface area contributed by atoms with Gasteiger partial charge in [-0.05, 0) is 47.7 Å². The molecule has 2 rings (SSSR count). The van der Waals surface area contributed by atoms with Gasteiger partial charge in [0.25, 0.3) is 0 Å². The lowest BCUT2D eigenvalue weighted by Crippen LogP contribution is -1.96. The molecular weight excluding hydrogens is 244 g/mol. The third-order valence-corrected chi connectivity index (χ3v) is 3.38. The van der Waals surface area contributed by atoms with E-state index in [1.54, 1.807) is 23.5 Å². The van der Waals surface area contributed by atoms with Gasteiger partial charge < -0.3 is 5.11 Å². The van der Waals surface area contributed by atoms with E-state index in [1.165, 1.54) is 6.07 Å². The van der Waals surface area contributed by atoms with E-state index in [1.807, 2.05) is 18.4 Å². The van der Waals surface area contributed by atoms with E-state index in [4.69, 9.17) is 16.7 Å². The zero-order valence-electron chi connectivity index (χ0n) is 8.53. The fourth-order valence-electron chi connectivity index (χ4n) is 1.55. The van der Waals surface area contributed by atoms with E-state index in [-0.39, 0.29) is 5.56 Å². The van der Waals surface area contributed by atoms with Crippen molar-refractivity contribution in [1.82, 2.24) is 0 Å². The van der Waals surface area contributed by atoms with Crippen LogP contribution in [0.2, 0.25) is 5.02 Å². The molecule has 1 N–H and O–H groups in total. The fraction of sp³-hybridized carbons (Fsp3) is 0.0833. The number of thiophene rings is 1. The maximum atomic E-state index is 10.9. The molecule has 82 valence electrons. The Bertz CT molecular complexity index is 546. The van der Waals surface area contributed by atoms with Crippen molar-refractivity contribution in [3.63, 3.8) is 0 Å². The second kappa shape index (κ2) is 4.28. The molecule has 0 aliphatic heterocycles. The van der Waals surface area contributed by atoms with E-state index >= 15 is 0 Å². The van der Waals surface area contributed by atoms with Gasteiger partial charge in [0.2, 0.25) is 0 Å². The highest BCUT2D eigenvalue weighted by molar-refractivity contribution is 7.10. The first-order valence-electron chi connectivity index (χ1n) is 4.66. The van der Waals surface area contributed by atoms with E-state index in [2.05, 4.69) is 0 Å². The Kier molecular flexibility index (Phi) is 2.99. The molecule has 0 aliphatic carbocycles. The predicted molar refractivity (Wildman–Crippen MR) is 66.5 cm³/mol. The third kappa shape index (κ3) is 2.10. The van der Waals surface area contributed by atoms with Crippen LogP contribution in [0.1, 0.15) is 15.2 Å². The Hall–Kier alpha value is -1.32. The number of halogens is 1. The number of hydrogen-bond donors (Lipinski definition) is 1. The van der Waals surface area contributed by atoms with Crippen molar-refractivity contribution < 1.29 is 9.90 Å². The van der Waals surface area contributed by atoms with Gasteiger partial charge in [0.1, 0.15) is 0 Å². The zero-order chi connectivity index (χ0) is 11.7. The zero-order valence-corrected chi connectivity index (χ0v) is 10.1. The van der Waals surface area contributed by atoms with Crippen molar-refractivity contribution in [2.75, 3.05) is 0 Å². The second-order valence-corrected chi connectivity index (χ2v) is 4.98. The van der Waals surface area contributed by atoms with E-state index in [0.717, 1.165) is 16.0 Å². The summed E-state index contributed by atoms with van der Waals surface area (Å²) < 4.78 is 0. The molecule has 0 saturated heterocycles. The van der Waals surface area contributed by atoms with Crippen LogP contribution in [0.25, 0.3) is 11.1 Å². The van der Waals surface area contributed by atoms with Gasteiger partial charge in [0, 0.05) is 9.90 Å². The molecule has 0 fully saturated rings. The molecule has 0 radical (unpaired) electrons. The summed E-state index contributed by atoms with van der Waals surface area (Å²) >= 11 is 7.53. The van der Waals surface area contributed by atoms with Crippen molar-refractivity contribution in [2.24, 2.45) is 0 Å². The van der Waals surface area contributed by atoms with Crippen LogP contribution in [0.15, 0.2) is 29.6 Å². The highest BCUT2D eigenvalue weighted by Crippen LogP contribution is 2.30. The van der Waals surface area contributed by atoms with Gasteiger partial charge in [-0.15, -0.1) is 11.3 Å². The van der Waals surface area contributed by atoms with Crippen molar-refractivity contribution in [2.45, 2.75) is 6.92 Å². The van der Waals surface area contributed by atoms with Crippen LogP contribution in [0.5, 0.6) is 0 Å². The van der Waals surface area contributed by atoms with Crippen LogP contribution in [0.4, 0.5) is 0 Å². The maximum Gasteiger partial charge on any atom is 0.335 e. The molecule has 0 saturated carbocycles. The van der Waals surface area contributed by atoms with Crippen molar-refractivity contribution >= 4 is 28.9 Å². The molecule has 0 unspecified atom stereocenters. The molecule has 0 atom stereocenters. The summed E-state index contributed by atoms with van der Waals surface area (Å²) in [5.41, 5.74) is 2.10.